The van der Waals surface area contributed by atoms with Gasteiger partial charge in [-0.05, 0) is 32.4 Å². The van der Waals surface area contributed by atoms with Crippen molar-refractivity contribution in [1.82, 2.24) is 4.98 Å². The van der Waals surface area contributed by atoms with Gasteiger partial charge in [0.15, 0.2) is 0 Å². The van der Waals surface area contributed by atoms with Gasteiger partial charge in [-0.3, -0.25) is 0 Å². The van der Waals surface area contributed by atoms with Crippen LogP contribution in [0.15, 0.2) is 6.07 Å². The minimum Gasteiger partial charge on any atom is -0.393 e. The SMILES string of the molecule is Cc1cc(C)c(C#N)c(NCC(C)(O)CO)n1. The molecule has 3 N–H and O–H groups in total. The van der Waals surface area contributed by atoms with Crippen molar-refractivity contribution in [2.75, 3.05) is 18.5 Å². The zero-order valence-corrected chi connectivity index (χ0v) is 10.3. The number of aliphatic hydroxyl groups excluding tert-OH is 1. The van der Waals surface area contributed by atoms with E-state index in [1.165, 1.54) is 6.92 Å². The Kier molecular flexibility index (Phi) is 4.05. The van der Waals surface area contributed by atoms with Crippen LogP contribution in [0.1, 0.15) is 23.7 Å². The summed E-state index contributed by atoms with van der Waals surface area (Å²) in [5.41, 5.74) is 0.870. The van der Waals surface area contributed by atoms with Gasteiger partial charge in [-0.15, -0.1) is 0 Å². The first-order chi connectivity index (χ1) is 7.89. The van der Waals surface area contributed by atoms with E-state index in [1.807, 2.05) is 19.9 Å². The van der Waals surface area contributed by atoms with Gasteiger partial charge in [-0.25, -0.2) is 4.98 Å². The van der Waals surface area contributed by atoms with Crippen LogP contribution in [0, 0.1) is 25.2 Å². The van der Waals surface area contributed by atoms with Gasteiger partial charge in [-0.2, -0.15) is 5.26 Å². The Bertz CT molecular complexity index is 450. The van der Waals surface area contributed by atoms with E-state index in [1.54, 1.807) is 0 Å². The summed E-state index contributed by atoms with van der Waals surface area (Å²) in [6.45, 7) is 4.96. The molecular formula is C12H17N3O2. The Morgan fingerprint density at radius 1 is 1.53 bits per heavy atom. The monoisotopic (exact) mass is 235 g/mol. The molecule has 0 aliphatic carbocycles. The van der Waals surface area contributed by atoms with Crippen molar-refractivity contribution < 1.29 is 10.2 Å². The molecule has 0 aromatic carbocycles. The summed E-state index contributed by atoms with van der Waals surface area (Å²) >= 11 is 0. The molecule has 17 heavy (non-hydrogen) atoms. The molecule has 5 heteroatoms. The molecule has 5 nitrogen and oxygen atoms in total. The molecule has 1 heterocycles. The van der Waals surface area contributed by atoms with Crippen molar-refractivity contribution in [2.45, 2.75) is 26.4 Å². The number of rotatable bonds is 4. The van der Waals surface area contributed by atoms with Crippen molar-refractivity contribution in [2.24, 2.45) is 0 Å². The minimum absolute atomic E-state index is 0.133. The quantitative estimate of drug-likeness (QED) is 0.715. The molecule has 0 aliphatic rings. The van der Waals surface area contributed by atoms with E-state index in [0.29, 0.717) is 11.4 Å². The fourth-order valence-electron chi connectivity index (χ4n) is 1.44. The first-order valence-corrected chi connectivity index (χ1v) is 5.35. The second kappa shape index (κ2) is 5.13. The third kappa shape index (κ3) is 3.41. The van der Waals surface area contributed by atoms with Crippen LogP contribution in [0.4, 0.5) is 5.82 Å². The summed E-state index contributed by atoms with van der Waals surface area (Å²) in [6, 6.07) is 3.90. The zero-order valence-electron chi connectivity index (χ0n) is 10.3. The molecule has 1 unspecified atom stereocenters. The molecule has 1 rings (SSSR count). The number of aliphatic hydroxyl groups is 2. The normalized spacial score (nSPS) is 13.9. The van der Waals surface area contributed by atoms with Crippen molar-refractivity contribution >= 4 is 5.82 Å². The van der Waals surface area contributed by atoms with Gasteiger partial charge in [0.05, 0.1) is 12.2 Å². The molecule has 0 aliphatic heterocycles. The predicted molar refractivity (Wildman–Crippen MR) is 64.6 cm³/mol. The summed E-state index contributed by atoms with van der Waals surface area (Å²) in [4.78, 5) is 4.22. The molecule has 0 amide bonds. The van der Waals surface area contributed by atoms with Crippen LogP contribution in [0.2, 0.25) is 0 Å². The Morgan fingerprint density at radius 3 is 2.71 bits per heavy atom. The van der Waals surface area contributed by atoms with Crippen molar-refractivity contribution in [3.8, 4) is 6.07 Å². The molecular weight excluding hydrogens is 218 g/mol. The smallest absolute Gasteiger partial charge is 0.144 e. The van der Waals surface area contributed by atoms with Gasteiger partial charge in [0.1, 0.15) is 17.5 Å². The number of aromatic nitrogens is 1. The molecule has 92 valence electrons. The van der Waals surface area contributed by atoms with E-state index in [9.17, 15) is 5.11 Å². The van der Waals surface area contributed by atoms with Gasteiger partial charge in [0.2, 0.25) is 0 Å². The van der Waals surface area contributed by atoms with Gasteiger partial charge < -0.3 is 15.5 Å². The molecule has 1 atom stereocenters. The predicted octanol–water partition coefficient (Wildman–Crippen LogP) is 0.725. The molecule has 0 bridgehead atoms. The highest BCUT2D eigenvalue weighted by atomic mass is 16.3. The molecule has 1 aromatic rings. The van der Waals surface area contributed by atoms with Gasteiger partial charge >= 0.3 is 0 Å². The van der Waals surface area contributed by atoms with Crippen LogP contribution in [0.25, 0.3) is 0 Å². The van der Waals surface area contributed by atoms with Crippen LogP contribution in [0.5, 0.6) is 0 Å². The molecule has 0 spiro atoms. The summed E-state index contributed by atoms with van der Waals surface area (Å²) in [5, 5.41) is 30.5. The highest BCUT2D eigenvalue weighted by molar-refractivity contribution is 5.56. The van der Waals surface area contributed by atoms with Crippen molar-refractivity contribution in [1.29, 1.82) is 5.26 Å². The van der Waals surface area contributed by atoms with E-state index >= 15 is 0 Å². The fraction of sp³-hybridized carbons (Fsp3) is 0.500. The fourth-order valence-corrected chi connectivity index (χ4v) is 1.44. The van der Waals surface area contributed by atoms with Gasteiger partial charge in [-0.1, -0.05) is 0 Å². The first-order valence-electron chi connectivity index (χ1n) is 5.35. The number of nitriles is 1. The second-order valence-electron chi connectivity index (χ2n) is 4.42. The Morgan fingerprint density at radius 2 is 2.18 bits per heavy atom. The number of hydrogen-bond acceptors (Lipinski definition) is 5. The topological polar surface area (TPSA) is 89.2 Å². The standard InChI is InChI=1S/C12H17N3O2/c1-8-4-9(2)15-11(10(8)5-13)14-6-12(3,17)7-16/h4,16-17H,6-7H2,1-3H3,(H,14,15). The Balaban J connectivity index is 2.95. The van der Waals surface area contributed by atoms with E-state index in [2.05, 4.69) is 16.4 Å². The second-order valence-corrected chi connectivity index (χ2v) is 4.42. The van der Waals surface area contributed by atoms with Gasteiger partial charge in [0.25, 0.3) is 0 Å². The lowest BCUT2D eigenvalue weighted by Gasteiger charge is -2.21. The van der Waals surface area contributed by atoms with E-state index in [0.717, 1.165) is 11.3 Å². The van der Waals surface area contributed by atoms with Crippen LogP contribution in [-0.4, -0.2) is 33.9 Å². The lowest BCUT2D eigenvalue weighted by molar-refractivity contribution is 0.0131. The lowest BCUT2D eigenvalue weighted by atomic mass is 10.1. The van der Waals surface area contributed by atoms with Crippen LogP contribution in [-0.2, 0) is 0 Å². The molecule has 0 saturated carbocycles. The molecule has 0 fully saturated rings. The highest BCUT2D eigenvalue weighted by Crippen LogP contribution is 2.18. The average Bonchev–Trinajstić information content (AvgIpc) is 2.26. The van der Waals surface area contributed by atoms with E-state index in [-0.39, 0.29) is 13.2 Å². The maximum atomic E-state index is 9.66. The van der Waals surface area contributed by atoms with E-state index in [4.69, 9.17) is 10.4 Å². The van der Waals surface area contributed by atoms with Crippen LogP contribution in [0.3, 0.4) is 0 Å². The highest BCUT2D eigenvalue weighted by Gasteiger charge is 2.19. The summed E-state index contributed by atoms with van der Waals surface area (Å²) < 4.78 is 0. The van der Waals surface area contributed by atoms with E-state index < -0.39 is 5.60 Å². The van der Waals surface area contributed by atoms with Crippen LogP contribution >= 0.6 is 0 Å². The number of anilines is 1. The van der Waals surface area contributed by atoms with Crippen molar-refractivity contribution in [3.63, 3.8) is 0 Å². The number of nitrogens with zero attached hydrogens (tertiary/aromatic N) is 2. The summed E-state index contributed by atoms with van der Waals surface area (Å²) in [6.07, 6.45) is 0. The lowest BCUT2D eigenvalue weighted by Crippen LogP contribution is -2.37. The maximum absolute atomic E-state index is 9.66. The number of pyridine rings is 1. The molecule has 0 saturated heterocycles. The maximum Gasteiger partial charge on any atom is 0.144 e. The van der Waals surface area contributed by atoms with Crippen molar-refractivity contribution in [3.05, 3.63) is 22.9 Å². The first kappa shape index (κ1) is 13.4. The average molecular weight is 235 g/mol. The Hall–Kier alpha value is -1.64. The third-order valence-corrected chi connectivity index (χ3v) is 2.43. The van der Waals surface area contributed by atoms with Gasteiger partial charge in [0, 0.05) is 12.2 Å². The summed E-state index contributed by atoms with van der Waals surface area (Å²) in [5.74, 6) is 0.443. The molecule has 1 aromatic heterocycles. The minimum atomic E-state index is -1.23. The number of nitrogens with one attached hydrogen (secondary N) is 1. The molecule has 0 radical (unpaired) electrons. The summed E-state index contributed by atoms with van der Waals surface area (Å²) in [7, 11) is 0. The Labute approximate surface area is 101 Å². The third-order valence-electron chi connectivity index (χ3n) is 2.43. The zero-order chi connectivity index (χ0) is 13.1. The largest absolute Gasteiger partial charge is 0.393 e. The van der Waals surface area contributed by atoms with Crippen LogP contribution < -0.4 is 5.32 Å². The number of aryl methyl sites for hydroxylation is 2. The number of hydrogen-bond donors (Lipinski definition) is 3.